The number of para-hydroxylation sites is 2. The average Bonchev–Trinajstić information content (AvgIpc) is 2.87. The van der Waals surface area contributed by atoms with Gasteiger partial charge in [0.15, 0.2) is 5.16 Å². The fourth-order valence-electron chi connectivity index (χ4n) is 3.42. The van der Waals surface area contributed by atoms with Crippen molar-refractivity contribution < 1.29 is 4.79 Å². The van der Waals surface area contributed by atoms with Gasteiger partial charge in [-0.1, -0.05) is 50.6 Å². The maximum absolute atomic E-state index is 12.3. The number of hydrogen-bond donors (Lipinski definition) is 1. The number of imidazole rings is 1. The van der Waals surface area contributed by atoms with Crippen LogP contribution in [0.3, 0.4) is 0 Å². The third-order valence-corrected chi connectivity index (χ3v) is 6.16. The Morgan fingerprint density at radius 1 is 1.35 bits per heavy atom. The van der Waals surface area contributed by atoms with Gasteiger partial charge in [-0.3, -0.25) is 4.79 Å². The predicted molar refractivity (Wildman–Crippen MR) is 95.5 cm³/mol. The molecule has 1 amide bonds. The highest BCUT2D eigenvalue weighted by Crippen LogP contribution is 2.29. The zero-order chi connectivity index (χ0) is 16.4. The highest BCUT2D eigenvalue weighted by atomic mass is 32.2. The summed E-state index contributed by atoms with van der Waals surface area (Å²) in [6, 6.07) is 8.38. The van der Waals surface area contributed by atoms with E-state index >= 15 is 0 Å². The molecule has 1 aliphatic carbocycles. The molecule has 1 saturated carbocycles. The molecule has 1 N–H and O–H groups in total. The minimum Gasteiger partial charge on any atom is -0.352 e. The highest BCUT2D eigenvalue weighted by molar-refractivity contribution is 7.99. The summed E-state index contributed by atoms with van der Waals surface area (Å²) in [7, 11) is 2.00. The van der Waals surface area contributed by atoms with Gasteiger partial charge >= 0.3 is 0 Å². The number of amides is 1. The Balaban J connectivity index is 1.59. The van der Waals surface area contributed by atoms with E-state index in [9.17, 15) is 4.79 Å². The smallest absolute Gasteiger partial charge is 0.230 e. The van der Waals surface area contributed by atoms with Crippen LogP contribution in [0.25, 0.3) is 11.0 Å². The summed E-state index contributed by atoms with van der Waals surface area (Å²) in [5, 5.41) is 4.12. The van der Waals surface area contributed by atoms with Gasteiger partial charge in [-0.25, -0.2) is 4.98 Å². The molecule has 3 atom stereocenters. The molecular formula is C18H25N3OS. The van der Waals surface area contributed by atoms with Gasteiger partial charge in [0.1, 0.15) is 0 Å². The molecule has 0 saturated heterocycles. The van der Waals surface area contributed by atoms with Crippen LogP contribution in [-0.4, -0.2) is 27.3 Å². The summed E-state index contributed by atoms with van der Waals surface area (Å²) < 4.78 is 2.05. The fraction of sp³-hybridized carbons (Fsp3) is 0.556. The molecular weight excluding hydrogens is 306 g/mol. The van der Waals surface area contributed by atoms with Gasteiger partial charge < -0.3 is 9.88 Å². The first-order valence-electron chi connectivity index (χ1n) is 8.40. The Hall–Kier alpha value is -1.49. The minimum atomic E-state index is 0.119. The van der Waals surface area contributed by atoms with Crippen molar-refractivity contribution in [3.63, 3.8) is 0 Å². The lowest BCUT2D eigenvalue weighted by atomic mass is 9.78. The van der Waals surface area contributed by atoms with E-state index in [0.29, 0.717) is 23.6 Å². The van der Waals surface area contributed by atoms with Crippen LogP contribution in [0.15, 0.2) is 29.4 Å². The summed E-state index contributed by atoms with van der Waals surface area (Å²) in [5.41, 5.74) is 2.08. The number of aromatic nitrogens is 2. The molecule has 1 aromatic carbocycles. The Kier molecular flexibility index (Phi) is 4.95. The first-order chi connectivity index (χ1) is 11.1. The molecule has 23 heavy (non-hydrogen) atoms. The first kappa shape index (κ1) is 16.4. The summed E-state index contributed by atoms with van der Waals surface area (Å²) >= 11 is 1.51. The highest BCUT2D eigenvalue weighted by Gasteiger charge is 2.28. The minimum absolute atomic E-state index is 0.119. The van der Waals surface area contributed by atoms with Crippen LogP contribution in [0.2, 0.25) is 0 Å². The van der Waals surface area contributed by atoms with Crippen molar-refractivity contribution in [1.82, 2.24) is 14.9 Å². The number of benzene rings is 1. The number of carbonyl (C=O) groups is 1. The number of aryl methyl sites for hydroxylation is 1. The summed E-state index contributed by atoms with van der Waals surface area (Å²) in [6.07, 6.45) is 3.60. The molecule has 3 unspecified atom stereocenters. The third kappa shape index (κ3) is 3.55. The van der Waals surface area contributed by atoms with E-state index in [0.717, 1.165) is 22.6 Å². The average molecular weight is 331 g/mol. The molecule has 5 heteroatoms. The van der Waals surface area contributed by atoms with Crippen molar-refractivity contribution in [2.75, 3.05) is 5.75 Å². The molecule has 3 rings (SSSR count). The van der Waals surface area contributed by atoms with Crippen molar-refractivity contribution in [1.29, 1.82) is 0 Å². The summed E-state index contributed by atoms with van der Waals surface area (Å²) in [6.45, 7) is 4.55. The number of nitrogens with zero attached hydrogens (tertiary/aromatic N) is 2. The predicted octanol–water partition coefficient (Wildman–Crippen LogP) is 3.61. The molecule has 0 spiro atoms. The zero-order valence-electron chi connectivity index (χ0n) is 14.1. The number of carbonyl (C=O) groups excluding carboxylic acids is 1. The molecule has 0 bridgehead atoms. The van der Waals surface area contributed by atoms with Gasteiger partial charge in [-0.15, -0.1) is 0 Å². The summed E-state index contributed by atoms with van der Waals surface area (Å²) in [4.78, 5) is 16.9. The lowest BCUT2D eigenvalue weighted by Crippen LogP contribution is -2.44. The van der Waals surface area contributed by atoms with Gasteiger partial charge in [0.2, 0.25) is 5.91 Å². The van der Waals surface area contributed by atoms with Crippen molar-refractivity contribution in [2.45, 2.75) is 44.3 Å². The van der Waals surface area contributed by atoms with Crippen LogP contribution in [0, 0.1) is 11.8 Å². The number of fused-ring (bicyclic) bond motifs is 1. The SMILES string of the molecule is CC1CCCC(NC(=O)CSc2nc3ccccc3n2C)C1C. The first-order valence-corrected chi connectivity index (χ1v) is 9.38. The Labute approximate surface area is 142 Å². The van der Waals surface area contributed by atoms with Crippen molar-refractivity contribution in [3.8, 4) is 0 Å². The number of hydrogen-bond acceptors (Lipinski definition) is 3. The molecule has 2 aromatic rings. The Morgan fingerprint density at radius 3 is 2.91 bits per heavy atom. The van der Waals surface area contributed by atoms with Crippen molar-refractivity contribution in [2.24, 2.45) is 18.9 Å². The second-order valence-electron chi connectivity index (χ2n) is 6.67. The molecule has 0 aliphatic heterocycles. The van der Waals surface area contributed by atoms with E-state index in [-0.39, 0.29) is 5.91 Å². The molecule has 1 aliphatic rings. The molecule has 1 fully saturated rings. The molecule has 1 heterocycles. The maximum atomic E-state index is 12.3. The number of nitrogens with one attached hydrogen (secondary N) is 1. The maximum Gasteiger partial charge on any atom is 0.230 e. The van der Waals surface area contributed by atoms with Gasteiger partial charge in [0, 0.05) is 13.1 Å². The standard InChI is InChI=1S/C18H25N3OS/c1-12-7-6-9-14(13(12)2)19-17(22)11-23-18-20-15-8-4-5-10-16(15)21(18)3/h4-5,8,10,12-14H,6-7,9,11H2,1-3H3,(H,19,22). The lowest BCUT2D eigenvalue weighted by Gasteiger charge is -2.34. The van der Waals surface area contributed by atoms with Crippen LogP contribution >= 0.6 is 11.8 Å². The quantitative estimate of drug-likeness (QED) is 0.871. The van der Waals surface area contributed by atoms with Gasteiger partial charge in [0.05, 0.1) is 16.8 Å². The number of rotatable bonds is 4. The molecule has 0 radical (unpaired) electrons. The van der Waals surface area contributed by atoms with E-state index in [1.165, 1.54) is 24.6 Å². The van der Waals surface area contributed by atoms with E-state index in [1.54, 1.807) is 0 Å². The van der Waals surface area contributed by atoms with E-state index in [1.807, 2.05) is 25.2 Å². The third-order valence-electron chi connectivity index (χ3n) is 5.13. The molecule has 124 valence electrons. The van der Waals surface area contributed by atoms with E-state index < -0.39 is 0 Å². The Bertz CT molecular complexity index is 697. The molecule has 4 nitrogen and oxygen atoms in total. The van der Waals surface area contributed by atoms with Crippen LogP contribution in [0.1, 0.15) is 33.1 Å². The van der Waals surface area contributed by atoms with Crippen molar-refractivity contribution >= 4 is 28.7 Å². The van der Waals surface area contributed by atoms with Gasteiger partial charge in [-0.2, -0.15) is 0 Å². The topological polar surface area (TPSA) is 46.9 Å². The largest absolute Gasteiger partial charge is 0.352 e. The fourth-order valence-corrected chi connectivity index (χ4v) is 4.22. The van der Waals surface area contributed by atoms with E-state index in [4.69, 9.17) is 0 Å². The monoisotopic (exact) mass is 331 g/mol. The number of thioether (sulfide) groups is 1. The lowest BCUT2D eigenvalue weighted by molar-refractivity contribution is -0.120. The zero-order valence-corrected chi connectivity index (χ0v) is 14.9. The normalized spacial score (nSPS) is 24.7. The van der Waals surface area contributed by atoms with Crippen LogP contribution < -0.4 is 5.32 Å². The second kappa shape index (κ2) is 6.95. The summed E-state index contributed by atoms with van der Waals surface area (Å²) in [5.74, 6) is 1.80. The van der Waals surface area contributed by atoms with Gasteiger partial charge in [0.25, 0.3) is 0 Å². The van der Waals surface area contributed by atoms with Crippen LogP contribution in [-0.2, 0) is 11.8 Å². The van der Waals surface area contributed by atoms with Gasteiger partial charge in [-0.05, 0) is 30.4 Å². The van der Waals surface area contributed by atoms with Crippen molar-refractivity contribution in [3.05, 3.63) is 24.3 Å². The van der Waals surface area contributed by atoms with Crippen LogP contribution in [0.4, 0.5) is 0 Å². The molecule has 1 aromatic heterocycles. The van der Waals surface area contributed by atoms with E-state index in [2.05, 4.69) is 34.8 Å². The Morgan fingerprint density at radius 2 is 2.13 bits per heavy atom. The second-order valence-corrected chi connectivity index (χ2v) is 7.61. The van der Waals surface area contributed by atoms with Crippen LogP contribution in [0.5, 0.6) is 0 Å².